The third kappa shape index (κ3) is 2.70. The topological polar surface area (TPSA) is 50.7 Å². The second-order valence-corrected chi connectivity index (χ2v) is 6.75. The Kier molecular flexibility index (Phi) is 3.97. The van der Waals surface area contributed by atoms with Crippen molar-refractivity contribution >= 4 is 34.2 Å². The second-order valence-electron chi connectivity index (χ2n) is 4.56. The lowest BCUT2D eigenvalue weighted by Crippen LogP contribution is -2.13. The van der Waals surface area contributed by atoms with E-state index < -0.39 is 10.8 Å². The minimum Gasteiger partial charge on any atom is -0.329 e. The summed E-state index contributed by atoms with van der Waals surface area (Å²) in [5.74, 6) is 0. The molecule has 2 heterocycles. The van der Waals surface area contributed by atoms with Crippen molar-refractivity contribution in [3.8, 4) is 0 Å². The van der Waals surface area contributed by atoms with E-state index in [4.69, 9.17) is 12.2 Å². The zero-order valence-corrected chi connectivity index (χ0v) is 12.4. The van der Waals surface area contributed by atoms with Crippen LogP contribution in [0.15, 0.2) is 12.3 Å². The van der Waals surface area contributed by atoms with Crippen LogP contribution < -0.4 is 0 Å². The van der Waals surface area contributed by atoms with Gasteiger partial charge in [0.1, 0.15) is 0 Å². The highest BCUT2D eigenvalue weighted by atomic mass is 32.2. The molecule has 98 valence electrons. The van der Waals surface area contributed by atoms with Crippen molar-refractivity contribution in [3.63, 3.8) is 0 Å². The molecule has 1 N–H and O–H groups in total. The van der Waals surface area contributed by atoms with Crippen LogP contribution in [0.5, 0.6) is 0 Å². The molecule has 0 bridgehead atoms. The van der Waals surface area contributed by atoms with Crippen LogP contribution in [0.4, 0.5) is 0 Å². The molecule has 0 aromatic carbocycles. The minimum atomic E-state index is -0.794. The molecule has 2 aromatic rings. The fourth-order valence-electron chi connectivity index (χ4n) is 1.83. The number of hydrogen-bond acceptors (Lipinski definition) is 3. The van der Waals surface area contributed by atoms with Crippen LogP contribution in [0.25, 0.3) is 11.2 Å². The van der Waals surface area contributed by atoms with Gasteiger partial charge in [-0.1, -0.05) is 6.92 Å². The van der Waals surface area contributed by atoms with Gasteiger partial charge in [-0.15, -0.1) is 0 Å². The van der Waals surface area contributed by atoms with Crippen molar-refractivity contribution in [2.75, 3.05) is 6.26 Å². The van der Waals surface area contributed by atoms with Gasteiger partial charge in [0.15, 0.2) is 10.4 Å². The monoisotopic (exact) mass is 283 g/mol. The standard InChI is InChI=1S/C12H17N3OS2/c1-8-6-10-11(13-7-8)15(12(17)14-10)5-4-9(2)18(3)16/h6-7,9H,4-5H2,1-3H3,(H,14,17). The molecule has 0 radical (unpaired) electrons. The van der Waals surface area contributed by atoms with E-state index in [9.17, 15) is 4.21 Å². The predicted octanol–water partition coefficient (Wildman–Crippen LogP) is 2.56. The highest BCUT2D eigenvalue weighted by Gasteiger charge is 2.10. The fourth-order valence-corrected chi connectivity index (χ4v) is 2.56. The molecule has 6 heteroatoms. The summed E-state index contributed by atoms with van der Waals surface area (Å²) in [6.45, 7) is 4.74. The number of H-pyrrole nitrogens is 1. The number of imidazole rings is 1. The van der Waals surface area contributed by atoms with Gasteiger partial charge >= 0.3 is 0 Å². The number of hydrogen-bond donors (Lipinski definition) is 1. The Hall–Kier alpha value is -1.01. The molecule has 18 heavy (non-hydrogen) atoms. The van der Waals surface area contributed by atoms with Crippen LogP contribution in [0, 0.1) is 11.7 Å². The average molecular weight is 283 g/mol. The maximum atomic E-state index is 11.3. The average Bonchev–Trinajstić information content (AvgIpc) is 2.60. The summed E-state index contributed by atoms with van der Waals surface area (Å²) in [5.41, 5.74) is 2.94. The first-order valence-electron chi connectivity index (χ1n) is 5.86. The predicted molar refractivity (Wildman–Crippen MR) is 77.8 cm³/mol. The second kappa shape index (κ2) is 5.32. The lowest BCUT2D eigenvalue weighted by molar-refractivity contribution is 0.622. The molecule has 0 aliphatic carbocycles. The smallest absolute Gasteiger partial charge is 0.179 e. The van der Waals surface area contributed by atoms with Gasteiger partial charge in [0, 0.05) is 35.0 Å². The van der Waals surface area contributed by atoms with Crippen molar-refractivity contribution in [2.45, 2.75) is 32.1 Å². The molecule has 2 unspecified atom stereocenters. The zero-order chi connectivity index (χ0) is 13.3. The normalized spacial score (nSPS) is 14.8. The van der Waals surface area contributed by atoms with Gasteiger partial charge in [0.25, 0.3) is 0 Å². The molecule has 0 fully saturated rings. The summed E-state index contributed by atoms with van der Waals surface area (Å²) in [5, 5.41) is 0.169. The quantitative estimate of drug-likeness (QED) is 0.877. The number of aromatic amines is 1. The molecule has 4 nitrogen and oxygen atoms in total. The zero-order valence-electron chi connectivity index (χ0n) is 10.8. The number of rotatable bonds is 4. The van der Waals surface area contributed by atoms with Gasteiger partial charge in [-0.2, -0.15) is 0 Å². The maximum Gasteiger partial charge on any atom is 0.179 e. The SMILES string of the molecule is Cc1cnc2c(c1)[nH]c(=S)n2CCC(C)S(C)=O. The van der Waals surface area contributed by atoms with E-state index in [-0.39, 0.29) is 5.25 Å². The van der Waals surface area contributed by atoms with Crippen LogP contribution in [0.3, 0.4) is 0 Å². The number of pyridine rings is 1. The van der Waals surface area contributed by atoms with Crippen LogP contribution in [0.1, 0.15) is 18.9 Å². The number of aromatic nitrogens is 3. The number of fused-ring (bicyclic) bond motifs is 1. The Bertz CT molecular complexity index is 644. The van der Waals surface area contributed by atoms with Gasteiger partial charge in [0.2, 0.25) is 0 Å². The van der Waals surface area contributed by atoms with Crippen LogP contribution in [0.2, 0.25) is 0 Å². The van der Waals surface area contributed by atoms with E-state index in [2.05, 4.69) is 9.97 Å². The Balaban J connectivity index is 2.31. The van der Waals surface area contributed by atoms with Crippen molar-refractivity contribution < 1.29 is 4.21 Å². The number of aryl methyl sites for hydroxylation is 2. The van der Waals surface area contributed by atoms with Gasteiger partial charge < -0.3 is 9.55 Å². The molecule has 0 saturated carbocycles. The summed E-state index contributed by atoms with van der Waals surface area (Å²) in [6.07, 6.45) is 4.41. The van der Waals surface area contributed by atoms with Crippen LogP contribution in [-0.2, 0) is 17.3 Å². The molecular formula is C12H17N3OS2. The summed E-state index contributed by atoms with van der Waals surface area (Å²) >= 11 is 5.31. The highest BCUT2D eigenvalue weighted by molar-refractivity contribution is 7.84. The van der Waals surface area contributed by atoms with Crippen molar-refractivity contribution in [2.24, 2.45) is 0 Å². The first kappa shape index (κ1) is 13.4. The minimum absolute atomic E-state index is 0.169. The first-order chi connectivity index (χ1) is 8.49. The van der Waals surface area contributed by atoms with Gasteiger partial charge in [-0.25, -0.2) is 4.98 Å². The Morgan fingerprint density at radius 1 is 1.61 bits per heavy atom. The van der Waals surface area contributed by atoms with E-state index in [1.54, 1.807) is 6.26 Å². The van der Waals surface area contributed by atoms with Crippen LogP contribution in [-0.4, -0.2) is 30.2 Å². The molecule has 2 aromatic heterocycles. The fraction of sp³-hybridized carbons (Fsp3) is 0.500. The molecule has 2 rings (SSSR count). The maximum absolute atomic E-state index is 11.3. The largest absolute Gasteiger partial charge is 0.329 e. The van der Waals surface area contributed by atoms with Gasteiger partial charge in [0.05, 0.1) is 5.52 Å². The van der Waals surface area contributed by atoms with Gasteiger partial charge in [-0.05, 0) is 37.2 Å². The molecule has 0 aliphatic rings. The Morgan fingerprint density at radius 2 is 2.33 bits per heavy atom. The highest BCUT2D eigenvalue weighted by Crippen LogP contribution is 2.14. The van der Waals surface area contributed by atoms with Crippen molar-refractivity contribution in [1.29, 1.82) is 0 Å². The third-order valence-electron chi connectivity index (χ3n) is 3.07. The summed E-state index contributed by atoms with van der Waals surface area (Å²) in [7, 11) is -0.794. The molecule has 2 atom stereocenters. The Labute approximate surface area is 114 Å². The van der Waals surface area contributed by atoms with Crippen molar-refractivity contribution in [1.82, 2.24) is 14.5 Å². The summed E-state index contributed by atoms with van der Waals surface area (Å²) in [4.78, 5) is 7.57. The third-order valence-corrected chi connectivity index (χ3v) is 4.76. The van der Waals surface area contributed by atoms with Crippen molar-refractivity contribution in [3.05, 3.63) is 22.6 Å². The lowest BCUT2D eigenvalue weighted by Gasteiger charge is -2.09. The molecule has 0 saturated heterocycles. The van der Waals surface area contributed by atoms with E-state index in [1.165, 1.54) is 0 Å². The van der Waals surface area contributed by atoms with E-state index in [1.807, 2.05) is 30.7 Å². The van der Waals surface area contributed by atoms with Gasteiger partial charge in [-0.3, -0.25) is 4.21 Å². The molecule has 0 amide bonds. The van der Waals surface area contributed by atoms with E-state index in [0.717, 1.165) is 29.7 Å². The number of nitrogens with zero attached hydrogens (tertiary/aromatic N) is 2. The number of nitrogens with one attached hydrogen (secondary N) is 1. The summed E-state index contributed by atoms with van der Waals surface area (Å²) < 4.78 is 14.0. The summed E-state index contributed by atoms with van der Waals surface area (Å²) in [6, 6.07) is 2.04. The van der Waals surface area contributed by atoms with E-state index >= 15 is 0 Å². The van der Waals surface area contributed by atoms with Crippen LogP contribution >= 0.6 is 12.2 Å². The molecular weight excluding hydrogens is 266 g/mol. The molecule has 0 aliphatic heterocycles. The lowest BCUT2D eigenvalue weighted by atomic mass is 10.3. The molecule has 0 spiro atoms. The first-order valence-corrected chi connectivity index (χ1v) is 7.89. The Morgan fingerprint density at radius 3 is 3.00 bits per heavy atom. The van der Waals surface area contributed by atoms with E-state index in [0.29, 0.717) is 4.77 Å².